The lowest BCUT2D eigenvalue weighted by Gasteiger charge is -2.35. The molecule has 32 heavy (non-hydrogen) atoms. The Hall–Kier alpha value is -3.60. The molecule has 4 rings (SSSR count). The number of anilines is 3. The van der Waals surface area contributed by atoms with Crippen molar-refractivity contribution in [3.05, 3.63) is 36.7 Å². The van der Waals surface area contributed by atoms with Crippen LogP contribution >= 0.6 is 0 Å². The van der Waals surface area contributed by atoms with Crippen molar-refractivity contribution in [3.8, 4) is 23.0 Å². The minimum Gasteiger partial charge on any atom is -0.494 e. The summed E-state index contributed by atoms with van der Waals surface area (Å²) in [6, 6.07) is 1.72. The lowest BCUT2D eigenvalue weighted by atomic mass is 10.2. The highest BCUT2D eigenvalue weighted by Gasteiger charge is 2.25. The molecule has 10 nitrogen and oxygen atoms in total. The number of hydrogen-bond acceptors (Lipinski definition) is 10. The van der Waals surface area contributed by atoms with Crippen LogP contribution in [-0.4, -0.2) is 64.4 Å². The van der Waals surface area contributed by atoms with E-state index in [0.29, 0.717) is 41.9 Å². The molecule has 0 amide bonds. The van der Waals surface area contributed by atoms with Crippen LogP contribution in [0.1, 0.15) is 13.8 Å². The van der Waals surface area contributed by atoms with E-state index in [0.717, 1.165) is 6.20 Å². The van der Waals surface area contributed by atoms with E-state index in [4.69, 9.17) is 14.2 Å². The first-order chi connectivity index (χ1) is 15.5. The molecule has 0 saturated carbocycles. The average molecular weight is 441 g/mol. The van der Waals surface area contributed by atoms with Crippen LogP contribution in [0.5, 0.6) is 11.6 Å². The first kappa shape index (κ1) is 21.6. The van der Waals surface area contributed by atoms with E-state index in [1.807, 2.05) is 18.7 Å². The quantitative estimate of drug-likeness (QED) is 0.613. The summed E-state index contributed by atoms with van der Waals surface area (Å²) in [5.41, 5.74) is 1.03. The summed E-state index contributed by atoms with van der Waals surface area (Å²) in [6.07, 6.45) is 5.87. The summed E-state index contributed by atoms with van der Waals surface area (Å²) in [5.74, 6) is 1.07. The molecule has 1 N–H and O–H groups in total. The van der Waals surface area contributed by atoms with Gasteiger partial charge in [0.05, 0.1) is 45.0 Å². The summed E-state index contributed by atoms with van der Waals surface area (Å²) in [6.45, 7) is 5.19. The first-order valence-electron chi connectivity index (χ1n) is 10.1. The molecule has 168 valence electrons. The van der Waals surface area contributed by atoms with Crippen molar-refractivity contribution in [3.63, 3.8) is 0 Å². The molecule has 11 heteroatoms. The van der Waals surface area contributed by atoms with Gasteiger partial charge in [-0.15, -0.1) is 0 Å². The minimum absolute atomic E-state index is 0.00898. The van der Waals surface area contributed by atoms with Crippen LogP contribution in [0.15, 0.2) is 30.9 Å². The van der Waals surface area contributed by atoms with Gasteiger partial charge in [-0.2, -0.15) is 4.98 Å². The Labute approximate surface area is 184 Å². The average Bonchev–Trinajstić information content (AvgIpc) is 2.80. The predicted octanol–water partition coefficient (Wildman–Crippen LogP) is 2.84. The molecule has 1 aliphatic rings. The number of aromatic nitrogens is 5. The zero-order valence-electron chi connectivity index (χ0n) is 18.2. The molecule has 0 bridgehead atoms. The first-order valence-corrected chi connectivity index (χ1v) is 10.1. The second kappa shape index (κ2) is 9.27. The fourth-order valence-corrected chi connectivity index (χ4v) is 3.46. The maximum absolute atomic E-state index is 14.6. The zero-order valence-corrected chi connectivity index (χ0v) is 18.2. The van der Waals surface area contributed by atoms with Gasteiger partial charge in [-0.1, -0.05) is 0 Å². The molecule has 3 aromatic rings. The van der Waals surface area contributed by atoms with E-state index in [1.54, 1.807) is 24.7 Å². The number of pyridine rings is 1. The van der Waals surface area contributed by atoms with Gasteiger partial charge in [-0.25, -0.2) is 24.3 Å². The standard InChI is InChI=1S/C21H24FN7O3/c1-12-10-29(11-13(2)32-12)21-26-9-16(22)19(28-21)27-17-5-14(6-25-20(17)31-4)18-23-7-15(30-3)8-24-18/h5-9,12-13H,10-11H2,1-4H3,(H,26,27,28)/t12-,13+. The van der Waals surface area contributed by atoms with Gasteiger partial charge in [0.1, 0.15) is 5.69 Å². The molecule has 0 aromatic carbocycles. The normalized spacial score (nSPS) is 18.3. The van der Waals surface area contributed by atoms with Crippen LogP contribution in [0.4, 0.5) is 21.8 Å². The molecule has 1 fully saturated rings. The van der Waals surface area contributed by atoms with E-state index in [-0.39, 0.29) is 23.9 Å². The highest BCUT2D eigenvalue weighted by atomic mass is 19.1. The van der Waals surface area contributed by atoms with Crippen molar-refractivity contribution in [1.82, 2.24) is 24.9 Å². The third kappa shape index (κ3) is 4.67. The van der Waals surface area contributed by atoms with Crippen LogP contribution in [0, 0.1) is 5.82 Å². The summed E-state index contributed by atoms with van der Waals surface area (Å²) in [5, 5.41) is 2.97. The lowest BCUT2D eigenvalue weighted by molar-refractivity contribution is -0.00572. The van der Waals surface area contributed by atoms with E-state index < -0.39 is 5.82 Å². The zero-order chi connectivity index (χ0) is 22.7. The Morgan fingerprint density at radius 2 is 1.72 bits per heavy atom. The fraction of sp³-hybridized carbons (Fsp3) is 0.381. The molecule has 0 spiro atoms. The number of halogens is 1. The monoisotopic (exact) mass is 441 g/mol. The molecule has 0 unspecified atom stereocenters. The van der Waals surface area contributed by atoms with Gasteiger partial charge in [0, 0.05) is 24.8 Å². The maximum Gasteiger partial charge on any atom is 0.237 e. The number of morpholine rings is 1. The van der Waals surface area contributed by atoms with Crippen LogP contribution in [0.3, 0.4) is 0 Å². The number of methoxy groups -OCH3 is 2. The Balaban J connectivity index is 1.64. The number of nitrogens with zero attached hydrogens (tertiary/aromatic N) is 6. The number of nitrogens with one attached hydrogen (secondary N) is 1. The topological polar surface area (TPSA) is 107 Å². The lowest BCUT2D eigenvalue weighted by Crippen LogP contribution is -2.46. The van der Waals surface area contributed by atoms with Crippen molar-refractivity contribution in [2.45, 2.75) is 26.1 Å². The van der Waals surface area contributed by atoms with E-state index in [1.165, 1.54) is 14.2 Å². The molecule has 4 heterocycles. The molecule has 0 aliphatic carbocycles. The molecule has 3 aromatic heterocycles. The second-order valence-electron chi connectivity index (χ2n) is 7.38. The van der Waals surface area contributed by atoms with Crippen molar-refractivity contribution >= 4 is 17.5 Å². The molecule has 0 radical (unpaired) electrons. The molecular formula is C21H24FN7O3. The van der Waals surface area contributed by atoms with Gasteiger partial charge in [-0.05, 0) is 19.9 Å². The third-order valence-electron chi connectivity index (χ3n) is 4.85. The SMILES string of the molecule is COc1cnc(-c2cnc(OC)c(Nc3nc(N4C[C@@H](C)O[C@@H](C)C4)ncc3F)c2)nc1. The largest absolute Gasteiger partial charge is 0.494 e. The van der Waals surface area contributed by atoms with Gasteiger partial charge in [-0.3, -0.25) is 0 Å². The van der Waals surface area contributed by atoms with E-state index in [2.05, 4.69) is 30.2 Å². The Morgan fingerprint density at radius 3 is 2.38 bits per heavy atom. The van der Waals surface area contributed by atoms with Gasteiger partial charge in [0.15, 0.2) is 23.2 Å². The highest BCUT2D eigenvalue weighted by Crippen LogP contribution is 2.30. The summed E-state index contributed by atoms with van der Waals surface area (Å²) >= 11 is 0. The van der Waals surface area contributed by atoms with E-state index >= 15 is 0 Å². The van der Waals surface area contributed by atoms with Crippen molar-refractivity contribution < 1.29 is 18.6 Å². The Kier molecular flexibility index (Phi) is 6.26. The fourth-order valence-electron chi connectivity index (χ4n) is 3.46. The number of ether oxygens (including phenoxy) is 3. The highest BCUT2D eigenvalue weighted by molar-refractivity contribution is 5.69. The number of hydrogen-bond donors (Lipinski definition) is 1. The Bertz CT molecular complexity index is 1070. The van der Waals surface area contributed by atoms with Gasteiger partial charge >= 0.3 is 0 Å². The molecule has 1 aliphatic heterocycles. The van der Waals surface area contributed by atoms with Crippen LogP contribution in [-0.2, 0) is 4.74 Å². The van der Waals surface area contributed by atoms with Crippen molar-refractivity contribution in [1.29, 1.82) is 0 Å². The van der Waals surface area contributed by atoms with Gasteiger partial charge in [0.2, 0.25) is 11.8 Å². The molecular weight excluding hydrogens is 417 g/mol. The summed E-state index contributed by atoms with van der Waals surface area (Å²) < 4.78 is 30.8. The van der Waals surface area contributed by atoms with Gasteiger partial charge in [0.25, 0.3) is 0 Å². The maximum atomic E-state index is 14.6. The van der Waals surface area contributed by atoms with Gasteiger partial charge < -0.3 is 24.4 Å². The second-order valence-corrected chi connectivity index (χ2v) is 7.38. The smallest absolute Gasteiger partial charge is 0.237 e. The van der Waals surface area contributed by atoms with Crippen molar-refractivity contribution in [2.75, 3.05) is 37.5 Å². The van der Waals surface area contributed by atoms with E-state index in [9.17, 15) is 4.39 Å². The Morgan fingerprint density at radius 1 is 1.00 bits per heavy atom. The third-order valence-corrected chi connectivity index (χ3v) is 4.85. The van der Waals surface area contributed by atoms with Crippen LogP contribution in [0.25, 0.3) is 11.4 Å². The number of rotatable bonds is 6. The minimum atomic E-state index is -0.601. The summed E-state index contributed by atoms with van der Waals surface area (Å²) in [4.78, 5) is 23.4. The van der Waals surface area contributed by atoms with Crippen molar-refractivity contribution in [2.24, 2.45) is 0 Å². The molecule has 1 saturated heterocycles. The van der Waals surface area contributed by atoms with Crippen LogP contribution in [0.2, 0.25) is 0 Å². The summed E-state index contributed by atoms with van der Waals surface area (Å²) in [7, 11) is 3.02. The predicted molar refractivity (Wildman–Crippen MR) is 116 cm³/mol. The van der Waals surface area contributed by atoms with Crippen LogP contribution < -0.4 is 19.7 Å². The molecule has 2 atom stereocenters.